The summed E-state index contributed by atoms with van der Waals surface area (Å²) in [5, 5.41) is 0. The van der Waals surface area contributed by atoms with Crippen LogP contribution in [0.5, 0.6) is 0 Å². The molecule has 3 N–H and O–H groups in total. The maximum atomic E-state index is 11.8. The van der Waals surface area contributed by atoms with Crippen molar-refractivity contribution in [2.24, 2.45) is 0 Å². The first-order valence-electron chi connectivity index (χ1n) is 5.45. The van der Waals surface area contributed by atoms with Gasteiger partial charge in [-0.25, -0.2) is 9.78 Å². The van der Waals surface area contributed by atoms with Gasteiger partial charge in [0.2, 0.25) is 0 Å². The zero-order valence-electron chi connectivity index (χ0n) is 9.83. The van der Waals surface area contributed by atoms with Gasteiger partial charge in [-0.15, -0.1) is 0 Å². The minimum absolute atomic E-state index is 0.233. The predicted molar refractivity (Wildman–Crippen MR) is 60.1 cm³/mol. The molecule has 0 aromatic carbocycles. The first kappa shape index (κ1) is 11.0. The first-order valence-corrected chi connectivity index (χ1v) is 5.45. The Labute approximate surface area is 94.4 Å². The summed E-state index contributed by atoms with van der Waals surface area (Å²) < 4.78 is 5.23. The molecule has 0 aliphatic heterocycles. The van der Waals surface area contributed by atoms with Crippen molar-refractivity contribution in [1.29, 1.82) is 0 Å². The zero-order chi connectivity index (χ0) is 11.9. The number of hydrogen-bond donors (Lipinski definition) is 2. The number of nitrogens with one attached hydrogen (secondary N) is 1. The number of carbonyl (C=O) groups excluding carboxylic acids is 1. The molecule has 0 radical (unpaired) electrons. The average Bonchev–Trinajstić information content (AvgIpc) is 2.87. The van der Waals surface area contributed by atoms with E-state index in [1.54, 1.807) is 0 Å². The predicted octanol–water partition coefficient (Wildman–Crippen LogP) is 1.82. The number of rotatable bonds is 2. The van der Waals surface area contributed by atoms with E-state index in [0.29, 0.717) is 5.92 Å². The molecule has 0 saturated heterocycles. The van der Waals surface area contributed by atoms with Gasteiger partial charge < -0.3 is 15.5 Å². The minimum Gasteiger partial charge on any atom is -0.455 e. The normalized spacial score (nSPS) is 16.2. The SMILES string of the molecule is CC(C)(C)OC(=O)c1[nH]c(C2CC2)nc1N. The standard InChI is InChI=1S/C11H17N3O2/c1-11(2,3)16-10(15)7-8(12)14-9(13-7)6-4-5-6/h6H,4-5,12H2,1-3H3,(H,13,14). The summed E-state index contributed by atoms with van der Waals surface area (Å²) in [5.41, 5.74) is 5.44. The van der Waals surface area contributed by atoms with Crippen molar-refractivity contribution < 1.29 is 9.53 Å². The monoisotopic (exact) mass is 223 g/mol. The van der Waals surface area contributed by atoms with E-state index < -0.39 is 11.6 Å². The van der Waals surface area contributed by atoms with E-state index in [-0.39, 0.29) is 11.5 Å². The molecule has 1 heterocycles. The van der Waals surface area contributed by atoms with E-state index in [4.69, 9.17) is 10.5 Å². The van der Waals surface area contributed by atoms with Gasteiger partial charge in [0.15, 0.2) is 11.5 Å². The number of carbonyl (C=O) groups is 1. The summed E-state index contributed by atoms with van der Waals surface area (Å²) >= 11 is 0. The Morgan fingerprint density at radius 3 is 2.62 bits per heavy atom. The van der Waals surface area contributed by atoms with Crippen LogP contribution in [-0.4, -0.2) is 21.5 Å². The van der Waals surface area contributed by atoms with E-state index >= 15 is 0 Å². The Balaban J connectivity index is 2.16. The van der Waals surface area contributed by atoms with Crippen LogP contribution in [0.4, 0.5) is 5.82 Å². The highest BCUT2D eigenvalue weighted by molar-refractivity contribution is 5.92. The lowest BCUT2D eigenvalue weighted by Gasteiger charge is -2.18. The average molecular weight is 223 g/mol. The van der Waals surface area contributed by atoms with E-state index in [2.05, 4.69) is 9.97 Å². The van der Waals surface area contributed by atoms with Gasteiger partial charge in [0.05, 0.1) is 0 Å². The second-order valence-electron chi connectivity index (χ2n) is 5.16. The van der Waals surface area contributed by atoms with Gasteiger partial charge in [0, 0.05) is 5.92 Å². The third-order valence-electron chi connectivity index (χ3n) is 2.32. The molecule has 1 aromatic rings. The van der Waals surface area contributed by atoms with Crippen LogP contribution in [0.25, 0.3) is 0 Å². The molecular formula is C11H17N3O2. The lowest BCUT2D eigenvalue weighted by atomic mass is 10.2. The van der Waals surface area contributed by atoms with Gasteiger partial charge in [0.25, 0.3) is 0 Å². The van der Waals surface area contributed by atoms with E-state index in [0.717, 1.165) is 18.7 Å². The maximum absolute atomic E-state index is 11.8. The van der Waals surface area contributed by atoms with Crippen molar-refractivity contribution in [2.75, 3.05) is 5.73 Å². The molecule has 0 spiro atoms. The summed E-state index contributed by atoms with van der Waals surface area (Å²) in [5.74, 6) is 1.04. The van der Waals surface area contributed by atoms with Crippen molar-refractivity contribution in [1.82, 2.24) is 9.97 Å². The molecule has 5 nitrogen and oxygen atoms in total. The van der Waals surface area contributed by atoms with E-state index in [1.165, 1.54) is 0 Å². The second-order valence-corrected chi connectivity index (χ2v) is 5.16. The number of hydrogen-bond acceptors (Lipinski definition) is 4. The Kier molecular flexibility index (Phi) is 2.40. The largest absolute Gasteiger partial charge is 0.455 e. The van der Waals surface area contributed by atoms with Crippen molar-refractivity contribution >= 4 is 11.8 Å². The number of nitrogens with zero attached hydrogens (tertiary/aromatic N) is 1. The quantitative estimate of drug-likeness (QED) is 0.749. The van der Waals surface area contributed by atoms with Crippen LogP contribution in [0.2, 0.25) is 0 Å². The third kappa shape index (κ3) is 2.35. The van der Waals surface area contributed by atoms with Gasteiger partial charge in [-0.3, -0.25) is 0 Å². The molecule has 1 aromatic heterocycles. The molecule has 1 aliphatic rings. The number of nitrogen functional groups attached to an aromatic ring is 1. The molecule has 0 unspecified atom stereocenters. The van der Waals surface area contributed by atoms with E-state index in [9.17, 15) is 4.79 Å². The Morgan fingerprint density at radius 1 is 1.50 bits per heavy atom. The fourth-order valence-corrected chi connectivity index (χ4v) is 1.44. The summed E-state index contributed by atoms with van der Waals surface area (Å²) in [7, 11) is 0. The highest BCUT2D eigenvalue weighted by atomic mass is 16.6. The van der Waals surface area contributed by atoms with Crippen molar-refractivity contribution in [3.8, 4) is 0 Å². The third-order valence-corrected chi connectivity index (χ3v) is 2.32. The molecule has 5 heteroatoms. The summed E-state index contributed by atoms with van der Waals surface area (Å²) in [6, 6.07) is 0. The lowest BCUT2D eigenvalue weighted by Crippen LogP contribution is -2.24. The molecule has 0 atom stereocenters. The number of esters is 1. The molecule has 1 fully saturated rings. The van der Waals surface area contributed by atoms with Gasteiger partial charge in [0.1, 0.15) is 11.4 Å². The van der Waals surface area contributed by atoms with Crippen LogP contribution in [0.15, 0.2) is 0 Å². The first-order chi connectivity index (χ1) is 7.37. The molecule has 2 rings (SSSR count). The number of anilines is 1. The Hall–Kier alpha value is -1.52. The molecule has 88 valence electrons. The van der Waals surface area contributed by atoms with Gasteiger partial charge in [-0.2, -0.15) is 0 Å². The highest BCUT2D eigenvalue weighted by Crippen LogP contribution is 2.39. The van der Waals surface area contributed by atoms with Crippen molar-refractivity contribution in [3.05, 3.63) is 11.5 Å². The van der Waals surface area contributed by atoms with Gasteiger partial charge in [-0.1, -0.05) is 0 Å². The summed E-state index contributed by atoms with van der Waals surface area (Å²) in [6.45, 7) is 5.46. The van der Waals surface area contributed by atoms with Crippen LogP contribution in [0.1, 0.15) is 55.8 Å². The van der Waals surface area contributed by atoms with E-state index in [1.807, 2.05) is 20.8 Å². The Bertz CT molecular complexity index is 413. The van der Waals surface area contributed by atoms with Gasteiger partial charge in [-0.05, 0) is 33.6 Å². The molecule has 1 aliphatic carbocycles. The topological polar surface area (TPSA) is 81.0 Å². The smallest absolute Gasteiger partial charge is 0.359 e. The minimum atomic E-state index is -0.519. The number of H-pyrrole nitrogens is 1. The van der Waals surface area contributed by atoms with Crippen LogP contribution in [-0.2, 0) is 4.74 Å². The number of aromatic nitrogens is 2. The molecule has 1 saturated carbocycles. The zero-order valence-corrected chi connectivity index (χ0v) is 9.83. The fraction of sp³-hybridized carbons (Fsp3) is 0.636. The molecule has 0 amide bonds. The van der Waals surface area contributed by atoms with Crippen molar-refractivity contribution in [3.63, 3.8) is 0 Å². The molecule has 16 heavy (non-hydrogen) atoms. The Morgan fingerprint density at radius 2 is 2.12 bits per heavy atom. The second kappa shape index (κ2) is 3.50. The number of imidazole rings is 1. The number of nitrogens with two attached hydrogens (primary N) is 1. The van der Waals surface area contributed by atoms with Crippen molar-refractivity contribution in [2.45, 2.75) is 45.1 Å². The fourth-order valence-electron chi connectivity index (χ4n) is 1.44. The lowest BCUT2D eigenvalue weighted by molar-refractivity contribution is 0.00646. The highest BCUT2D eigenvalue weighted by Gasteiger charge is 2.30. The summed E-state index contributed by atoms with van der Waals surface area (Å²) in [6.07, 6.45) is 2.22. The maximum Gasteiger partial charge on any atom is 0.359 e. The van der Waals surface area contributed by atoms with Crippen LogP contribution in [0, 0.1) is 0 Å². The number of aromatic amines is 1. The van der Waals surface area contributed by atoms with Crippen LogP contribution in [0.3, 0.4) is 0 Å². The van der Waals surface area contributed by atoms with Crippen LogP contribution >= 0.6 is 0 Å². The van der Waals surface area contributed by atoms with Crippen LogP contribution < -0.4 is 5.73 Å². The number of ether oxygens (including phenoxy) is 1. The van der Waals surface area contributed by atoms with Gasteiger partial charge >= 0.3 is 5.97 Å². The molecular weight excluding hydrogens is 206 g/mol. The summed E-state index contributed by atoms with van der Waals surface area (Å²) in [4.78, 5) is 18.9. The molecule has 0 bridgehead atoms.